The smallest absolute Gasteiger partial charge is 0.227 e. The highest BCUT2D eigenvalue weighted by Gasteiger charge is 2.31. The molecule has 2 N–H and O–H groups in total. The van der Waals surface area contributed by atoms with Crippen molar-refractivity contribution < 1.29 is 18.0 Å². The first-order valence-electron chi connectivity index (χ1n) is 9.54. The summed E-state index contributed by atoms with van der Waals surface area (Å²) in [6, 6.07) is 16.0. The summed E-state index contributed by atoms with van der Waals surface area (Å²) in [6.45, 7) is 2.09. The number of sulfonamides is 1. The van der Waals surface area contributed by atoms with E-state index in [4.69, 9.17) is 0 Å². The fourth-order valence-electron chi connectivity index (χ4n) is 3.39. The summed E-state index contributed by atoms with van der Waals surface area (Å²) >= 11 is 0. The molecular weight excluding hydrogens is 390 g/mol. The van der Waals surface area contributed by atoms with Crippen LogP contribution in [-0.4, -0.2) is 37.6 Å². The van der Waals surface area contributed by atoms with Crippen LogP contribution >= 0.6 is 0 Å². The minimum Gasteiger partial charge on any atom is -0.326 e. The maximum atomic E-state index is 12.6. The Labute approximate surface area is 171 Å². The van der Waals surface area contributed by atoms with Crippen molar-refractivity contribution in [2.75, 3.05) is 23.7 Å². The van der Waals surface area contributed by atoms with Crippen LogP contribution in [0.3, 0.4) is 0 Å². The van der Waals surface area contributed by atoms with E-state index in [0.717, 1.165) is 5.56 Å². The van der Waals surface area contributed by atoms with Crippen LogP contribution in [0.1, 0.15) is 25.3 Å². The highest BCUT2D eigenvalue weighted by Crippen LogP contribution is 2.24. The summed E-state index contributed by atoms with van der Waals surface area (Å²) in [5, 5.41) is 5.54. The molecule has 7 nitrogen and oxygen atoms in total. The Balaban J connectivity index is 1.55. The van der Waals surface area contributed by atoms with Gasteiger partial charge < -0.3 is 10.6 Å². The molecular formula is C21H25N3O4S. The normalized spacial score (nSPS) is 15.6. The van der Waals surface area contributed by atoms with E-state index in [9.17, 15) is 18.0 Å². The molecule has 29 heavy (non-hydrogen) atoms. The van der Waals surface area contributed by atoms with E-state index in [-0.39, 0.29) is 23.5 Å². The maximum Gasteiger partial charge on any atom is 0.227 e. The minimum atomic E-state index is -3.40. The van der Waals surface area contributed by atoms with E-state index in [1.54, 1.807) is 36.4 Å². The molecule has 1 saturated heterocycles. The van der Waals surface area contributed by atoms with Crippen molar-refractivity contribution in [2.45, 2.75) is 25.5 Å². The van der Waals surface area contributed by atoms with Gasteiger partial charge in [-0.1, -0.05) is 36.4 Å². The van der Waals surface area contributed by atoms with Crippen molar-refractivity contribution in [3.63, 3.8) is 0 Å². The zero-order chi connectivity index (χ0) is 20.9. The van der Waals surface area contributed by atoms with Gasteiger partial charge in [0.05, 0.1) is 5.75 Å². The van der Waals surface area contributed by atoms with Crippen LogP contribution in [0, 0.1) is 5.92 Å². The van der Waals surface area contributed by atoms with Gasteiger partial charge in [0.1, 0.15) is 0 Å². The van der Waals surface area contributed by atoms with Gasteiger partial charge in [0.15, 0.2) is 0 Å². The number of hydrogen-bond acceptors (Lipinski definition) is 4. The second kappa shape index (κ2) is 9.19. The molecule has 2 amide bonds. The van der Waals surface area contributed by atoms with Crippen LogP contribution in [0.25, 0.3) is 0 Å². The molecule has 1 aliphatic heterocycles. The Morgan fingerprint density at radius 2 is 1.59 bits per heavy atom. The van der Waals surface area contributed by atoms with Crippen molar-refractivity contribution in [3.8, 4) is 0 Å². The van der Waals surface area contributed by atoms with Crippen LogP contribution < -0.4 is 10.6 Å². The number of anilines is 2. The molecule has 0 radical (unpaired) electrons. The molecule has 0 unspecified atom stereocenters. The molecule has 0 spiro atoms. The Morgan fingerprint density at radius 3 is 2.21 bits per heavy atom. The first kappa shape index (κ1) is 21.0. The summed E-state index contributed by atoms with van der Waals surface area (Å²) in [6.07, 6.45) is 0.955. The third kappa shape index (κ3) is 5.88. The van der Waals surface area contributed by atoms with Crippen molar-refractivity contribution >= 4 is 33.2 Å². The molecule has 154 valence electrons. The number of carbonyl (C=O) groups is 2. The van der Waals surface area contributed by atoms with Crippen LogP contribution in [0.15, 0.2) is 54.6 Å². The SMILES string of the molecule is CC(=O)Nc1cccc(NC(=O)C2CCN(S(=O)(=O)Cc3ccccc3)CC2)c1. The fourth-order valence-corrected chi connectivity index (χ4v) is 4.96. The molecule has 2 aromatic carbocycles. The van der Waals surface area contributed by atoms with Crippen LogP contribution in [-0.2, 0) is 25.4 Å². The summed E-state index contributed by atoms with van der Waals surface area (Å²) in [5.74, 6) is -0.592. The Kier molecular flexibility index (Phi) is 6.66. The number of hydrogen-bond donors (Lipinski definition) is 2. The van der Waals surface area contributed by atoms with E-state index in [2.05, 4.69) is 10.6 Å². The molecule has 1 fully saturated rings. The lowest BCUT2D eigenvalue weighted by molar-refractivity contribution is -0.121. The first-order valence-corrected chi connectivity index (χ1v) is 11.1. The third-order valence-corrected chi connectivity index (χ3v) is 6.71. The van der Waals surface area contributed by atoms with E-state index in [0.29, 0.717) is 37.3 Å². The van der Waals surface area contributed by atoms with Crippen molar-refractivity contribution in [1.29, 1.82) is 0 Å². The van der Waals surface area contributed by atoms with Gasteiger partial charge in [-0.25, -0.2) is 12.7 Å². The Hall–Kier alpha value is -2.71. The lowest BCUT2D eigenvalue weighted by Gasteiger charge is -2.30. The topological polar surface area (TPSA) is 95.6 Å². The average Bonchev–Trinajstić information content (AvgIpc) is 2.68. The highest BCUT2D eigenvalue weighted by atomic mass is 32.2. The third-order valence-electron chi connectivity index (χ3n) is 4.86. The Bertz CT molecular complexity index is 968. The fraction of sp³-hybridized carbons (Fsp3) is 0.333. The maximum absolute atomic E-state index is 12.6. The van der Waals surface area contributed by atoms with Gasteiger partial charge in [-0.3, -0.25) is 9.59 Å². The molecule has 0 aliphatic carbocycles. The second-order valence-corrected chi connectivity index (χ2v) is 9.14. The largest absolute Gasteiger partial charge is 0.326 e. The predicted molar refractivity (Wildman–Crippen MR) is 113 cm³/mol. The van der Waals surface area contributed by atoms with Crippen molar-refractivity contribution in [3.05, 3.63) is 60.2 Å². The van der Waals surface area contributed by atoms with E-state index < -0.39 is 10.0 Å². The molecule has 8 heteroatoms. The zero-order valence-electron chi connectivity index (χ0n) is 16.3. The standard InChI is InChI=1S/C21H25N3O4S/c1-16(25)22-19-8-5-9-20(14-19)23-21(26)18-10-12-24(13-11-18)29(27,28)15-17-6-3-2-4-7-17/h2-9,14,18H,10-13,15H2,1H3,(H,22,25)(H,23,26). The molecule has 0 atom stereocenters. The highest BCUT2D eigenvalue weighted by molar-refractivity contribution is 7.88. The summed E-state index contributed by atoms with van der Waals surface area (Å²) < 4.78 is 26.8. The van der Waals surface area contributed by atoms with Gasteiger partial charge >= 0.3 is 0 Å². The Morgan fingerprint density at radius 1 is 0.966 bits per heavy atom. The number of carbonyl (C=O) groups excluding carboxylic acids is 2. The molecule has 0 aromatic heterocycles. The molecule has 0 saturated carbocycles. The first-order chi connectivity index (χ1) is 13.8. The quantitative estimate of drug-likeness (QED) is 0.758. The predicted octanol–water partition coefficient (Wildman–Crippen LogP) is 2.83. The monoisotopic (exact) mass is 415 g/mol. The van der Waals surface area contributed by atoms with Crippen molar-refractivity contribution in [2.24, 2.45) is 5.92 Å². The average molecular weight is 416 g/mol. The van der Waals surface area contributed by atoms with Gasteiger partial charge in [-0.15, -0.1) is 0 Å². The lowest BCUT2D eigenvalue weighted by Crippen LogP contribution is -2.41. The number of benzene rings is 2. The van der Waals surface area contributed by atoms with Gasteiger partial charge in [-0.05, 0) is 36.6 Å². The zero-order valence-corrected chi connectivity index (χ0v) is 17.1. The van der Waals surface area contributed by atoms with Gasteiger partial charge in [-0.2, -0.15) is 0 Å². The minimum absolute atomic E-state index is 0.0271. The summed E-state index contributed by atoms with van der Waals surface area (Å²) in [5.41, 5.74) is 1.96. The van der Waals surface area contributed by atoms with E-state index >= 15 is 0 Å². The molecule has 2 aromatic rings. The van der Waals surface area contributed by atoms with Crippen molar-refractivity contribution in [1.82, 2.24) is 4.31 Å². The van der Waals surface area contributed by atoms with Crippen LogP contribution in [0.4, 0.5) is 11.4 Å². The number of piperidine rings is 1. The summed E-state index contributed by atoms with van der Waals surface area (Å²) in [7, 11) is -3.40. The van der Waals surface area contributed by atoms with Crippen LogP contribution in [0.2, 0.25) is 0 Å². The molecule has 1 heterocycles. The number of amides is 2. The lowest BCUT2D eigenvalue weighted by atomic mass is 9.97. The number of nitrogens with one attached hydrogen (secondary N) is 2. The molecule has 0 bridgehead atoms. The van der Waals surface area contributed by atoms with E-state index in [1.165, 1.54) is 11.2 Å². The van der Waals surface area contributed by atoms with E-state index in [1.807, 2.05) is 18.2 Å². The van der Waals surface area contributed by atoms with Crippen LogP contribution in [0.5, 0.6) is 0 Å². The summed E-state index contributed by atoms with van der Waals surface area (Å²) in [4.78, 5) is 23.8. The number of rotatable bonds is 6. The second-order valence-electron chi connectivity index (χ2n) is 7.17. The van der Waals surface area contributed by atoms with Gasteiger partial charge in [0.2, 0.25) is 21.8 Å². The number of nitrogens with zero attached hydrogens (tertiary/aromatic N) is 1. The van der Waals surface area contributed by atoms with Gasteiger partial charge in [0.25, 0.3) is 0 Å². The molecule has 1 aliphatic rings. The molecule has 3 rings (SSSR count). The van der Waals surface area contributed by atoms with Gasteiger partial charge in [0, 0.05) is 37.3 Å².